The molecule has 0 aliphatic rings. The first kappa shape index (κ1) is 14.6. The third-order valence-corrected chi connectivity index (χ3v) is 2.35. The number of nitrogens with two attached hydrogens (primary N) is 1. The fourth-order valence-electron chi connectivity index (χ4n) is 1.40. The molecule has 90 valence electrons. The SMILES string of the molecule is NCCCC(O)CC/C=C\CCCCO. The summed E-state index contributed by atoms with van der Waals surface area (Å²) < 4.78 is 0. The molecule has 0 spiro atoms. The van der Waals surface area contributed by atoms with Gasteiger partial charge in [-0.1, -0.05) is 12.2 Å². The predicted octanol–water partition coefficient (Wildman–Crippen LogP) is 1.59. The Balaban J connectivity index is 3.20. The van der Waals surface area contributed by atoms with Crippen molar-refractivity contribution in [3.05, 3.63) is 12.2 Å². The lowest BCUT2D eigenvalue weighted by molar-refractivity contribution is 0.154. The van der Waals surface area contributed by atoms with Crippen LogP contribution in [0.15, 0.2) is 12.2 Å². The highest BCUT2D eigenvalue weighted by molar-refractivity contribution is 4.82. The van der Waals surface area contributed by atoms with Crippen LogP contribution in [0.1, 0.15) is 44.9 Å². The lowest BCUT2D eigenvalue weighted by Crippen LogP contribution is -2.09. The first-order chi connectivity index (χ1) is 7.31. The van der Waals surface area contributed by atoms with Crippen LogP contribution >= 0.6 is 0 Å². The molecule has 0 saturated carbocycles. The maximum absolute atomic E-state index is 9.50. The zero-order valence-electron chi connectivity index (χ0n) is 9.57. The largest absolute Gasteiger partial charge is 0.396 e. The number of hydrogen-bond donors (Lipinski definition) is 3. The Bertz CT molecular complexity index is 149. The van der Waals surface area contributed by atoms with Gasteiger partial charge in [0.05, 0.1) is 6.10 Å². The van der Waals surface area contributed by atoms with E-state index in [2.05, 4.69) is 12.2 Å². The zero-order chi connectivity index (χ0) is 11.4. The van der Waals surface area contributed by atoms with Gasteiger partial charge in [-0.15, -0.1) is 0 Å². The van der Waals surface area contributed by atoms with Crippen molar-refractivity contribution in [2.45, 2.75) is 51.0 Å². The monoisotopic (exact) mass is 215 g/mol. The first-order valence-electron chi connectivity index (χ1n) is 5.95. The highest BCUT2D eigenvalue weighted by Crippen LogP contribution is 2.05. The molecule has 4 N–H and O–H groups in total. The minimum Gasteiger partial charge on any atom is -0.396 e. The van der Waals surface area contributed by atoms with Gasteiger partial charge in [0.25, 0.3) is 0 Å². The van der Waals surface area contributed by atoms with E-state index in [0.29, 0.717) is 6.54 Å². The molecule has 0 aromatic carbocycles. The number of allylic oxidation sites excluding steroid dienone is 2. The van der Waals surface area contributed by atoms with Gasteiger partial charge in [0, 0.05) is 6.61 Å². The van der Waals surface area contributed by atoms with Gasteiger partial charge in [0.1, 0.15) is 0 Å². The molecule has 15 heavy (non-hydrogen) atoms. The summed E-state index contributed by atoms with van der Waals surface area (Å²) in [6, 6.07) is 0. The van der Waals surface area contributed by atoms with Crippen LogP contribution < -0.4 is 5.73 Å². The molecule has 0 aromatic heterocycles. The summed E-state index contributed by atoms with van der Waals surface area (Å²) in [5, 5.41) is 18.1. The Labute approximate surface area is 93.0 Å². The van der Waals surface area contributed by atoms with Gasteiger partial charge in [-0.25, -0.2) is 0 Å². The second-order valence-corrected chi connectivity index (χ2v) is 3.85. The highest BCUT2D eigenvalue weighted by atomic mass is 16.3. The van der Waals surface area contributed by atoms with E-state index >= 15 is 0 Å². The van der Waals surface area contributed by atoms with Crippen LogP contribution in [0.5, 0.6) is 0 Å². The summed E-state index contributed by atoms with van der Waals surface area (Å²) in [6.07, 6.45) is 10.5. The normalized spacial score (nSPS) is 13.5. The molecule has 0 aliphatic heterocycles. The molecule has 3 heteroatoms. The Morgan fingerprint density at radius 3 is 2.40 bits per heavy atom. The van der Waals surface area contributed by atoms with Crippen molar-refractivity contribution in [1.29, 1.82) is 0 Å². The number of unbranched alkanes of at least 4 members (excludes halogenated alkanes) is 2. The molecule has 0 bridgehead atoms. The van der Waals surface area contributed by atoms with E-state index in [-0.39, 0.29) is 12.7 Å². The smallest absolute Gasteiger partial charge is 0.0543 e. The van der Waals surface area contributed by atoms with E-state index in [1.54, 1.807) is 0 Å². The molecule has 3 nitrogen and oxygen atoms in total. The van der Waals surface area contributed by atoms with Gasteiger partial charge in [-0.2, -0.15) is 0 Å². The van der Waals surface area contributed by atoms with E-state index in [0.717, 1.165) is 44.9 Å². The average molecular weight is 215 g/mol. The minimum atomic E-state index is -0.198. The summed E-state index contributed by atoms with van der Waals surface area (Å²) in [5.41, 5.74) is 5.35. The lowest BCUT2D eigenvalue weighted by atomic mass is 10.1. The summed E-state index contributed by atoms with van der Waals surface area (Å²) in [5.74, 6) is 0. The van der Waals surface area contributed by atoms with Crippen molar-refractivity contribution in [1.82, 2.24) is 0 Å². The van der Waals surface area contributed by atoms with Crippen molar-refractivity contribution in [2.75, 3.05) is 13.2 Å². The van der Waals surface area contributed by atoms with Crippen LogP contribution in [0, 0.1) is 0 Å². The van der Waals surface area contributed by atoms with Gasteiger partial charge in [0.15, 0.2) is 0 Å². The van der Waals surface area contributed by atoms with Gasteiger partial charge in [-0.05, 0) is 51.5 Å². The van der Waals surface area contributed by atoms with Gasteiger partial charge >= 0.3 is 0 Å². The molecule has 0 saturated heterocycles. The second kappa shape index (κ2) is 11.7. The molecule has 0 aromatic rings. The zero-order valence-corrected chi connectivity index (χ0v) is 9.57. The van der Waals surface area contributed by atoms with Gasteiger partial charge < -0.3 is 15.9 Å². The summed E-state index contributed by atoms with van der Waals surface area (Å²) in [4.78, 5) is 0. The van der Waals surface area contributed by atoms with Crippen LogP contribution in [0.4, 0.5) is 0 Å². The van der Waals surface area contributed by atoms with Crippen LogP contribution in [-0.4, -0.2) is 29.5 Å². The van der Waals surface area contributed by atoms with Crippen molar-refractivity contribution in [2.24, 2.45) is 5.73 Å². The fourth-order valence-corrected chi connectivity index (χ4v) is 1.40. The summed E-state index contributed by atoms with van der Waals surface area (Å²) >= 11 is 0. The third kappa shape index (κ3) is 11.5. The third-order valence-electron chi connectivity index (χ3n) is 2.35. The number of aliphatic hydroxyl groups excluding tert-OH is 2. The fraction of sp³-hybridized carbons (Fsp3) is 0.833. The Morgan fingerprint density at radius 1 is 1.00 bits per heavy atom. The molecular weight excluding hydrogens is 190 g/mol. The molecule has 0 fully saturated rings. The Kier molecular flexibility index (Phi) is 11.4. The summed E-state index contributed by atoms with van der Waals surface area (Å²) in [6.45, 7) is 0.944. The van der Waals surface area contributed by atoms with E-state index in [4.69, 9.17) is 10.8 Å². The van der Waals surface area contributed by atoms with Crippen LogP contribution in [0.3, 0.4) is 0 Å². The lowest BCUT2D eigenvalue weighted by Gasteiger charge is -2.07. The molecule has 0 rings (SSSR count). The number of rotatable bonds is 10. The van der Waals surface area contributed by atoms with Gasteiger partial charge in [0.2, 0.25) is 0 Å². The average Bonchev–Trinajstić information content (AvgIpc) is 2.25. The molecule has 1 unspecified atom stereocenters. The topological polar surface area (TPSA) is 66.5 Å². The molecular formula is C12H25NO2. The molecule has 0 radical (unpaired) electrons. The Morgan fingerprint density at radius 2 is 1.73 bits per heavy atom. The van der Waals surface area contributed by atoms with Crippen LogP contribution in [-0.2, 0) is 0 Å². The van der Waals surface area contributed by atoms with E-state index in [1.165, 1.54) is 0 Å². The van der Waals surface area contributed by atoms with E-state index < -0.39 is 0 Å². The van der Waals surface area contributed by atoms with Gasteiger partial charge in [-0.3, -0.25) is 0 Å². The maximum atomic E-state index is 9.50. The van der Waals surface area contributed by atoms with E-state index in [9.17, 15) is 5.11 Å². The second-order valence-electron chi connectivity index (χ2n) is 3.85. The van der Waals surface area contributed by atoms with Crippen molar-refractivity contribution in [3.63, 3.8) is 0 Å². The van der Waals surface area contributed by atoms with Crippen molar-refractivity contribution < 1.29 is 10.2 Å². The van der Waals surface area contributed by atoms with Crippen LogP contribution in [0.2, 0.25) is 0 Å². The highest BCUT2D eigenvalue weighted by Gasteiger charge is 2.00. The number of aliphatic hydroxyl groups is 2. The maximum Gasteiger partial charge on any atom is 0.0543 e. The van der Waals surface area contributed by atoms with E-state index in [1.807, 2.05) is 0 Å². The summed E-state index contributed by atoms with van der Waals surface area (Å²) in [7, 11) is 0. The number of hydrogen-bond acceptors (Lipinski definition) is 3. The molecule has 0 aliphatic carbocycles. The minimum absolute atomic E-state index is 0.198. The molecule has 0 amide bonds. The first-order valence-corrected chi connectivity index (χ1v) is 5.95. The molecule has 1 atom stereocenters. The standard InChI is InChI=1S/C12H25NO2/c13-10-7-9-12(15)8-5-3-1-2-4-6-11-14/h1,3,12,14-15H,2,4-11,13H2/b3-1-. The van der Waals surface area contributed by atoms with Crippen LogP contribution in [0.25, 0.3) is 0 Å². The Hall–Kier alpha value is -0.380. The molecule has 0 heterocycles. The predicted molar refractivity (Wildman–Crippen MR) is 63.6 cm³/mol. The quantitative estimate of drug-likeness (QED) is 0.383. The van der Waals surface area contributed by atoms with Crippen molar-refractivity contribution in [3.8, 4) is 0 Å². The van der Waals surface area contributed by atoms with Crippen molar-refractivity contribution >= 4 is 0 Å².